The van der Waals surface area contributed by atoms with Crippen molar-refractivity contribution in [3.05, 3.63) is 67.6 Å². The summed E-state index contributed by atoms with van der Waals surface area (Å²) in [4.78, 5) is 26.8. The van der Waals surface area contributed by atoms with E-state index in [1.807, 2.05) is 13.0 Å². The van der Waals surface area contributed by atoms with Gasteiger partial charge in [-0.05, 0) is 53.8 Å². The standard InChI is InChI=1S/C17H12ClN3O4S/c1-9-2-4-11(8-12(9)18)19-17-20-16(23)15(26-17)7-10-3-5-14(22)13(6-10)21(24)25/h2-8,22H,1H3,(H,19,20,23)/p-1/b15-7-. The summed E-state index contributed by atoms with van der Waals surface area (Å²) in [5.41, 5.74) is 1.36. The second-order valence-electron chi connectivity index (χ2n) is 5.40. The van der Waals surface area contributed by atoms with Crippen molar-refractivity contribution in [3.63, 3.8) is 0 Å². The van der Waals surface area contributed by atoms with E-state index in [4.69, 9.17) is 11.6 Å². The number of aliphatic imine (C=N–C) groups is 1. The molecule has 1 amide bonds. The number of nitrogens with zero attached hydrogens (tertiary/aromatic N) is 2. The highest BCUT2D eigenvalue weighted by atomic mass is 35.5. The van der Waals surface area contributed by atoms with Crippen LogP contribution < -0.4 is 10.4 Å². The van der Waals surface area contributed by atoms with Gasteiger partial charge in [0.05, 0.1) is 15.5 Å². The number of carbonyl (C=O) groups is 1. The Hall–Kier alpha value is -2.84. The molecule has 1 aliphatic rings. The molecule has 0 atom stereocenters. The van der Waals surface area contributed by atoms with Crippen LogP contribution in [0.2, 0.25) is 5.02 Å². The van der Waals surface area contributed by atoms with Crippen LogP contribution in [-0.2, 0) is 4.79 Å². The lowest BCUT2D eigenvalue weighted by molar-refractivity contribution is -0.398. The average Bonchev–Trinajstić information content (AvgIpc) is 2.92. The molecule has 0 spiro atoms. The molecule has 1 heterocycles. The lowest BCUT2D eigenvalue weighted by Gasteiger charge is -2.06. The summed E-state index contributed by atoms with van der Waals surface area (Å²) >= 11 is 7.16. The fraction of sp³-hybridized carbons (Fsp3) is 0.0588. The van der Waals surface area contributed by atoms with Gasteiger partial charge in [-0.25, -0.2) is 4.99 Å². The summed E-state index contributed by atoms with van der Waals surface area (Å²) in [5.74, 6) is -1.06. The number of aryl methyl sites for hydroxylation is 1. The average molecular weight is 389 g/mol. The van der Waals surface area contributed by atoms with E-state index in [2.05, 4.69) is 10.3 Å². The second kappa shape index (κ2) is 7.19. The van der Waals surface area contributed by atoms with Gasteiger partial charge in [0.25, 0.3) is 11.6 Å². The number of rotatable bonds is 3. The van der Waals surface area contributed by atoms with Crippen LogP contribution in [0.4, 0.5) is 11.4 Å². The zero-order valence-corrected chi connectivity index (χ0v) is 14.9. The molecule has 26 heavy (non-hydrogen) atoms. The SMILES string of the molecule is Cc1ccc(N=C2NC(=O)/C(=C/c3ccc([O-])c([N+](=O)[O-])c3)S2)cc1Cl. The van der Waals surface area contributed by atoms with Crippen LogP contribution in [0.5, 0.6) is 5.75 Å². The van der Waals surface area contributed by atoms with Gasteiger partial charge < -0.3 is 10.4 Å². The first kappa shape index (κ1) is 18.0. The number of thioether (sulfide) groups is 1. The van der Waals surface area contributed by atoms with Crippen molar-refractivity contribution < 1.29 is 14.8 Å². The zero-order chi connectivity index (χ0) is 18.8. The molecule has 0 unspecified atom stereocenters. The molecule has 0 aliphatic carbocycles. The predicted octanol–water partition coefficient (Wildman–Crippen LogP) is 3.52. The molecule has 7 nitrogen and oxygen atoms in total. The largest absolute Gasteiger partial charge is 0.868 e. The van der Waals surface area contributed by atoms with Gasteiger partial charge in [-0.15, -0.1) is 0 Å². The summed E-state index contributed by atoms with van der Waals surface area (Å²) in [6.07, 6.45) is 1.47. The maximum absolute atomic E-state index is 12.1. The molecular formula is C17H11ClN3O4S-. The van der Waals surface area contributed by atoms with E-state index in [-0.39, 0.29) is 5.91 Å². The van der Waals surface area contributed by atoms with Crippen molar-refractivity contribution >= 4 is 51.9 Å². The van der Waals surface area contributed by atoms with Crippen molar-refractivity contribution in [1.29, 1.82) is 0 Å². The van der Waals surface area contributed by atoms with Gasteiger partial charge in [0.15, 0.2) is 5.17 Å². The summed E-state index contributed by atoms with van der Waals surface area (Å²) in [5, 5.41) is 25.9. The number of amides is 1. The number of halogens is 1. The maximum atomic E-state index is 12.1. The van der Waals surface area contributed by atoms with Crippen molar-refractivity contribution in [3.8, 4) is 5.75 Å². The molecule has 2 aromatic carbocycles. The number of nitrogens with one attached hydrogen (secondary N) is 1. The van der Waals surface area contributed by atoms with Gasteiger partial charge in [-0.3, -0.25) is 14.9 Å². The van der Waals surface area contributed by atoms with Gasteiger partial charge in [0.1, 0.15) is 0 Å². The fourth-order valence-corrected chi connectivity index (χ4v) is 3.18. The molecule has 0 bridgehead atoms. The van der Waals surface area contributed by atoms with Crippen LogP contribution in [0.1, 0.15) is 11.1 Å². The van der Waals surface area contributed by atoms with E-state index in [0.29, 0.717) is 26.3 Å². The van der Waals surface area contributed by atoms with Crippen LogP contribution >= 0.6 is 23.4 Å². The number of amidine groups is 1. The molecule has 3 rings (SSSR count). The highest BCUT2D eigenvalue weighted by Crippen LogP contribution is 2.31. The van der Waals surface area contributed by atoms with Gasteiger partial charge in [-0.1, -0.05) is 29.8 Å². The first-order valence-corrected chi connectivity index (χ1v) is 8.54. The summed E-state index contributed by atoms with van der Waals surface area (Å²) < 4.78 is 0. The second-order valence-corrected chi connectivity index (χ2v) is 6.84. The Kier molecular flexibility index (Phi) is 4.97. The number of hydrogen-bond acceptors (Lipinski definition) is 6. The Balaban J connectivity index is 1.86. The Bertz CT molecular complexity index is 988. The lowest BCUT2D eigenvalue weighted by atomic mass is 10.1. The van der Waals surface area contributed by atoms with Crippen molar-refractivity contribution in [2.24, 2.45) is 4.99 Å². The van der Waals surface area contributed by atoms with Crippen molar-refractivity contribution in [1.82, 2.24) is 5.32 Å². The van der Waals surface area contributed by atoms with E-state index in [9.17, 15) is 20.0 Å². The Morgan fingerprint density at radius 1 is 1.27 bits per heavy atom. The molecule has 132 valence electrons. The van der Waals surface area contributed by atoms with Crippen LogP contribution in [-0.4, -0.2) is 16.0 Å². The van der Waals surface area contributed by atoms with Gasteiger partial charge in [0.2, 0.25) is 0 Å². The van der Waals surface area contributed by atoms with E-state index >= 15 is 0 Å². The minimum atomic E-state index is -0.750. The van der Waals surface area contributed by atoms with Gasteiger partial charge >= 0.3 is 0 Å². The van der Waals surface area contributed by atoms with Crippen LogP contribution in [0.15, 0.2) is 46.3 Å². The topological polar surface area (TPSA) is 108 Å². The Labute approximate surface area is 157 Å². The first-order chi connectivity index (χ1) is 12.3. The van der Waals surface area contributed by atoms with Gasteiger partial charge in [-0.2, -0.15) is 0 Å². The summed E-state index contributed by atoms with van der Waals surface area (Å²) in [6.45, 7) is 1.87. The minimum absolute atomic E-state index is 0.315. The molecule has 2 aromatic rings. The Morgan fingerprint density at radius 3 is 2.73 bits per heavy atom. The third-order valence-electron chi connectivity index (χ3n) is 3.51. The van der Waals surface area contributed by atoms with Crippen molar-refractivity contribution in [2.75, 3.05) is 0 Å². The smallest absolute Gasteiger partial charge is 0.264 e. The van der Waals surface area contributed by atoms with E-state index in [1.165, 1.54) is 12.1 Å². The van der Waals surface area contributed by atoms with Crippen molar-refractivity contribution in [2.45, 2.75) is 6.92 Å². The monoisotopic (exact) mass is 388 g/mol. The normalized spacial score (nSPS) is 16.9. The number of benzene rings is 2. The minimum Gasteiger partial charge on any atom is -0.868 e. The molecule has 1 aliphatic heterocycles. The first-order valence-electron chi connectivity index (χ1n) is 7.34. The third-order valence-corrected chi connectivity index (χ3v) is 4.83. The lowest BCUT2D eigenvalue weighted by Crippen LogP contribution is -2.19. The molecular weight excluding hydrogens is 378 g/mol. The third kappa shape index (κ3) is 3.87. The van der Waals surface area contributed by atoms with E-state index in [0.717, 1.165) is 29.5 Å². The molecule has 9 heteroatoms. The molecule has 0 aromatic heterocycles. The molecule has 0 saturated carbocycles. The predicted molar refractivity (Wildman–Crippen MR) is 99.5 cm³/mol. The van der Waals surface area contributed by atoms with Crippen LogP contribution in [0, 0.1) is 17.0 Å². The number of nitro benzene ring substituents is 1. The highest BCUT2D eigenvalue weighted by Gasteiger charge is 2.24. The van der Waals surface area contributed by atoms with E-state index < -0.39 is 16.4 Å². The molecule has 1 fully saturated rings. The quantitative estimate of drug-likeness (QED) is 0.491. The summed E-state index contributed by atoms with van der Waals surface area (Å²) in [7, 11) is 0. The number of nitro groups is 1. The maximum Gasteiger partial charge on any atom is 0.264 e. The number of carbonyl (C=O) groups excluding carboxylic acids is 1. The highest BCUT2D eigenvalue weighted by molar-refractivity contribution is 8.18. The molecule has 1 saturated heterocycles. The molecule has 1 N–H and O–H groups in total. The van der Waals surface area contributed by atoms with Crippen LogP contribution in [0.25, 0.3) is 6.08 Å². The fourth-order valence-electron chi connectivity index (χ4n) is 2.17. The van der Waals surface area contributed by atoms with Gasteiger partial charge in [0, 0.05) is 11.1 Å². The Morgan fingerprint density at radius 2 is 2.04 bits per heavy atom. The van der Waals surface area contributed by atoms with E-state index in [1.54, 1.807) is 12.1 Å². The molecule has 0 radical (unpaired) electrons. The zero-order valence-electron chi connectivity index (χ0n) is 13.4. The number of hydrogen-bond donors (Lipinski definition) is 1. The summed E-state index contributed by atoms with van der Waals surface area (Å²) in [6, 6.07) is 8.95. The van der Waals surface area contributed by atoms with Crippen LogP contribution in [0.3, 0.4) is 0 Å².